The van der Waals surface area contributed by atoms with Gasteiger partial charge in [0, 0.05) is 34.9 Å². The number of carbonyl (C=O) groups is 2. The van der Waals surface area contributed by atoms with Gasteiger partial charge in [0.05, 0.1) is 14.2 Å². The Morgan fingerprint density at radius 3 is 2.52 bits per heavy atom. The Kier molecular flexibility index (Phi) is 9.11. The molecule has 0 atom stereocenters. The van der Waals surface area contributed by atoms with Crippen LogP contribution in [0.5, 0.6) is 11.5 Å². The van der Waals surface area contributed by atoms with E-state index in [0.29, 0.717) is 23.6 Å². The average Bonchev–Trinajstić information content (AvgIpc) is 2.74. The highest BCUT2D eigenvalue weighted by Crippen LogP contribution is 2.25. The van der Waals surface area contributed by atoms with Crippen molar-refractivity contribution in [2.45, 2.75) is 11.8 Å². The summed E-state index contributed by atoms with van der Waals surface area (Å²) in [6, 6.07) is 13.4. The van der Waals surface area contributed by atoms with Crippen LogP contribution in [0.3, 0.4) is 0 Å². The highest BCUT2D eigenvalue weighted by Gasteiger charge is 2.06. The minimum atomic E-state index is -0.605. The summed E-state index contributed by atoms with van der Waals surface area (Å²) in [6.45, 7) is 2.21. The van der Waals surface area contributed by atoms with E-state index in [4.69, 9.17) is 14.2 Å². The summed E-state index contributed by atoms with van der Waals surface area (Å²) in [4.78, 5) is 24.8. The first-order valence-corrected chi connectivity index (χ1v) is 10.0. The molecule has 7 heteroatoms. The van der Waals surface area contributed by atoms with Crippen molar-refractivity contribution in [2.75, 3.05) is 33.1 Å². The van der Waals surface area contributed by atoms with Crippen LogP contribution in [0.1, 0.15) is 11.1 Å². The average molecular weight is 416 g/mol. The number of thioether (sulfide) groups is 1. The van der Waals surface area contributed by atoms with E-state index in [1.807, 2.05) is 19.1 Å². The maximum absolute atomic E-state index is 11.8. The van der Waals surface area contributed by atoms with E-state index < -0.39 is 5.97 Å². The predicted molar refractivity (Wildman–Crippen MR) is 114 cm³/mol. The van der Waals surface area contributed by atoms with Crippen LogP contribution in [0.15, 0.2) is 53.4 Å². The fourth-order valence-corrected chi connectivity index (χ4v) is 3.11. The number of carbonyl (C=O) groups excluding carboxylic acids is 2. The van der Waals surface area contributed by atoms with Crippen molar-refractivity contribution in [1.82, 2.24) is 5.32 Å². The largest absolute Gasteiger partial charge is 0.497 e. The van der Waals surface area contributed by atoms with E-state index in [1.54, 1.807) is 43.1 Å². The van der Waals surface area contributed by atoms with Crippen molar-refractivity contribution in [3.05, 3.63) is 59.7 Å². The van der Waals surface area contributed by atoms with E-state index in [1.165, 1.54) is 18.7 Å². The maximum atomic E-state index is 11.8. The first-order valence-electron chi connectivity index (χ1n) is 9.05. The van der Waals surface area contributed by atoms with Crippen LogP contribution in [-0.4, -0.2) is 45.0 Å². The highest BCUT2D eigenvalue weighted by atomic mass is 32.2. The van der Waals surface area contributed by atoms with Crippen LogP contribution in [0.25, 0.3) is 6.08 Å². The number of methoxy groups -OCH3 is 2. The lowest BCUT2D eigenvalue weighted by molar-refractivity contribution is -0.143. The van der Waals surface area contributed by atoms with Crippen LogP contribution >= 0.6 is 11.8 Å². The number of hydrogen-bond donors (Lipinski definition) is 1. The molecule has 0 aliphatic carbocycles. The van der Waals surface area contributed by atoms with Gasteiger partial charge in [-0.2, -0.15) is 0 Å². The van der Waals surface area contributed by atoms with Gasteiger partial charge in [0.2, 0.25) is 0 Å². The van der Waals surface area contributed by atoms with E-state index in [2.05, 4.69) is 17.4 Å². The zero-order chi connectivity index (χ0) is 21.1. The molecule has 0 saturated heterocycles. The minimum absolute atomic E-state index is 0.321. The summed E-state index contributed by atoms with van der Waals surface area (Å²) in [5, 5.41) is 2.73. The molecule has 29 heavy (non-hydrogen) atoms. The molecule has 0 saturated carbocycles. The molecule has 0 bridgehead atoms. The van der Waals surface area contributed by atoms with Gasteiger partial charge in [0.15, 0.2) is 6.61 Å². The topological polar surface area (TPSA) is 73.9 Å². The number of benzene rings is 2. The Hall–Kier alpha value is -2.93. The summed E-state index contributed by atoms with van der Waals surface area (Å²) in [5.41, 5.74) is 1.91. The van der Waals surface area contributed by atoms with E-state index in [-0.39, 0.29) is 12.5 Å². The molecule has 2 aromatic rings. The molecular weight excluding hydrogens is 390 g/mol. The SMILES string of the molecule is COc1ccc(/C=C/C(=O)OCC(=O)NCCSc2ccc(C)cc2)c(OC)c1. The predicted octanol–water partition coefficient (Wildman–Crippen LogP) is 3.48. The second kappa shape index (κ2) is 11.8. The standard InChI is InChI=1S/C22H25NO5S/c1-16-4-9-19(10-5-16)29-13-12-23-21(24)15-28-22(25)11-7-17-6-8-18(26-2)14-20(17)27-3/h4-11,14H,12-13,15H2,1-3H3,(H,23,24)/b11-7+. The Balaban J connectivity index is 1.69. The van der Waals surface area contributed by atoms with Crippen LogP contribution in [0, 0.1) is 6.92 Å². The number of rotatable bonds is 10. The number of hydrogen-bond acceptors (Lipinski definition) is 6. The third-order valence-corrected chi connectivity index (χ3v) is 4.91. The van der Waals surface area contributed by atoms with Gasteiger partial charge in [-0.3, -0.25) is 4.79 Å². The van der Waals surface area contributed by atoms with Crippen molar-refractivity contribution >= 4 is 29.7 Å². The molecule has 154 valence electrons. The van der Waals surface area contributed by atoms with E-state index in [0.717, 1.165) is 10.6 Å². The Labute approximate surface area is 175 Å². The van der Waals surface area contributed by atoms with Gasteiger partial charge in [-0.1, -0.05) is 17.7 Å². The fraction of sp³-hybridized carbons (Fsp3) is 0.273. The molecule has 0 aliphatic heterocycles. The lowest BCUT2D eigenvalue weighted by atomic mass is 10.2. The van der Waals surface area contributed by atoms with Crippen LogP contribution < -0.4 is 14.8 Å². The van der Waals surface area contributed by atoms with Crippen molar-refractivity contribution < 1.29 is 23.8 Å². The molecule has 0 fully saturated rings. The first-order chi connectivity index (χ1) is 14.0. The molecule has 2 rings (SSSR count). The number of esters is 1. The van der Waals surface area contributed by atoms with Crippen molar-refractivity contribution in [2.24, 2.45) is 0 Å². The summed E-state index contributed by atoms with van der Waals surface area (Å²) in [7, 11) is 3.10. The van der Waals surface area contributed by atoms with Gasteiger partial charge in [0.1, 0.15) is 11.5 Å². The molecule has 0 unspecified atom stereocenters. The monoisotopic (exact) mass is 415 g/mol. The quantitative estimate of drug-likeness (QED) is 0.277. The second-order valence-electron chi connectivity index (χ2n) is 6.06. The number of amides is 1. The minimum Gasteiger partial charge on any atom is -0.497 e. The lowest BCUT2D eigenvalue weighted by Crippen LogP contribution is -2.30. The van der Waals surface area contributed by atoms with E-state index >= 15 is 0 Å². The molecule has 0 heterocycles. The Bertz CT molecular complexity index is 849. The molecular formula is C22H25NO5S. The van der Waals surface area contributed by atoms with Crippen molar-refractivity contribution in [3.8, 4) is 11.5 Å². The molecule has 2 aromatic carbocycles. The Morgan fingerprint density at radius 2 is 1.83 bits per heavy atom. The second-order valence-corrected chi connectivity index (χ2v) is 7.23. The molecule has 1 N–H and O–H groups in total. The molecule has 6 nitrogen and oxygen atoms in total. The van der Waals surface area contributed by atoms with Crippen molar-refractivity contribution in [3.63, 3.8) is 0 Å². The van der Waals surface area contributed by atoms with Gasteiger partial charge in [-0.25, -0.2) is 4.79 Å². The molecule has 0 aliphatic rings. The van der Waals surface area contributed by atoms with Gasteiger partial charge >= 0.3 is 5.97 Å². The van der Waals surface area contributed by atoms with Gasteiger partial charge in [-0.05, 0) is 37.3 Å². The zero-order valence-electron chi connectivity index (χ0n) is 16.8. The van der Waals surface area contributed by atoms with E-state index in [9.17, 15) is 9.59 Å². The number of nitrogens with one attached hydrogen (secondary N) is 1. The first kappa shape index (κ1) is 22.4. The van der Waals surface area contributed by atoms with Crippen molar-refractivity contribution in [1.29, 1.82) is 0 Å². The summed E-state index contributed by atoms with van der Waals surface area (Å²) >= 11 is 1.65. The lowest BCUT2D eigenvalue weighted by Gasteiger charge is -2.07. The third kappa shape index (κ3) is 7.91. The third-order valence-electron chi connectivity index (χ3n) is 3.90. The number of ether oxygens (including phenoxy) is 3. The molecule has 0 radical (unpaired) electrons. The van der Waals surface area contributed by atoms with Crippen LogP contribution in [0.4, 0.5) is 0 Å². The normalized spacial score (nSPS) is 10.6. The molecule has 0 spiro atoms. The fourth-order valence-electron chi connectivity index (χ4n) is 2.34. The Morgan fingerprint density at radius 1 is 1.07 bits per heavy atom. The van der Waals surface area contributed by atoms with Gasteiger partial charge < -0.3 is 19.5 Å². The molecule has 1 amide bonds. The maximum Gasteiger partial charge on any atom is 0.331 e. The number of aryl methyl sites for hydroxylation is 1. The van der Waals surface area contributed by atoms with Gasteiger partial charge in [0.25, 0.3) is 5.91 Å². The van der Waals surface area contributed by atoms with Crippen LogP contribution in [-0.2, 0) is 14.3 Å². The summed E-state index contributed by atoms with van der Waals surface area (Å²) in [6.07, 6.45) is 2.82. The summed E-state index contributed by atoms with van der Waals surface area (Å²) in [5.74, 6) is 1.02. The summed E-state index contributed by atoms with van der Waals surface area (Å²) < 4.78 is 15.4. The smallest absolute Gasteiger partial charge is 0.331 e. The van der Waals surface area contributed by atoms with Gasteiger partial charge in [-0.15, -0.1) is 11.8 Å². The highest BCUT2D eigenvalue weighted by molar-refractivity contribution is 7.99. The van der Waals surface area contributed by atoms with Crippen LogP contribution in [0.2, 0.25) is 0 Å². The molecule has 0 aromatic heterocycles. The zero-order valence-corrected chi connectivity index (χ0v) is 17.6.